The number of allylic oxidation sites excluding steroid dienone is 4. The first-order valence-electron chi connectivity index (χ1n) is 15.2. The van der Waals surface area contributed by atoms with Gasteiger partial charge >= 0.3 is 0 Å². The number of benzene rings is 1. The zero-order valence-electron chi connectivity index (χ0n) is 24.2. The summed E-state index contributed by atoms with van der Waals surface area (Å²) in [6.07, 6.45) is 10.2. The lowest BCUT2D eigenvalue weighted by atomic mass is 9.51. The molecule has 0 unspecified atom stereocenters. The summed E-state index contributed by atoms with van der Waals surface area (Å²) in [7, 11) is 0. The maximum Gasteiger partial charge on any atom is 0.156 e. The van der Waals surface area contributed by atoms with Crippen molar-refractivity contribution in [3.8, 4) is 11.8 Å². The number of nitrogens with zero attached hydrogens (tertiary/aromatic N) is 1. The highest BCUT2D eigenvalue weighted by atomic mass is 16.3. The molecule has 0 bridgehead atoms. The van der Waals surface area contributed by atoms with Crippen LogP contribution in [0.15, 0.2) is 47.1 Å². The molecule has 0 aromatic heterocycles. The van der Waals surface area contributed by atoms with E-state index >= 15 is 0 Å². The van der Waals surface area contributed by atoms with Gasteiger partial charge < -0.3 is 15.1 Å². The Kier molecular flexibility index (Phi) is 6.63. The summed E-state index contributed by atoms with van der Waals surface area (Å²) in [5.41, 5.74) is 5.34. The van der Waals surface area contributed by atoms with Gasteiger partial charge in [0.2, 0.25) is 0 Å². The van der Waals surface area contributed by atoms with Crippen molar-refractivity contribution in [3.63, 3.8) is 0 Å². The van der Waals surface area contributed by atoms with Gasteiger partial charge in [-0.3, -0.25) is 4.79 Å². The van der Waals surface area contributed by atoms with Crippen LogP contribution in [-0.2, 0) is 4.79 Å². The van der Waals surface area contributed by atoms with Crippen molar-refractivity contribution >= 4 is 11.5 Å². The van der Waals surface area contributed by atoms with Crippen LogP contribution < -0.4 is 4.90 Å². The number of carbonyl (C=O) groups is 1. The van der Waals surface area contributed by atoms with E-state index in [-0.39, 0.29) is 35.2 Å². The molecule has 6 rings (SSSR count). The Morgan fingerprint density at radius 3 is 2.56 bits per heavy atom. The second-order valence-corrected chi connectivity index (χ2v) is 14.2. The summed E-state index contributed by atoms with van der Waals surface area (Å²) in [4.78, 5) is 14.7. The number of carbonyl (C=O) groups excluding carboxylic acids is 1. The fraction of sp³-hybridized carbons (Fsp3) is 0.629. The second kappa shape index (κ2) is 9.64. The van der Waals surface area contributed by atoms with Gasteiger partial charge in [-0.25, -0.2) is 0 Å². The monoisotopic (exact) mass is 527 g/mol. The highest BCUT2D eigenvalue weighted by Crippen LogP contribution is 2.66. The third-order valence-electron chi connectivity index (χ3n) is 10.7. The molecule has 4 aliphatic carbocycles. The van der Waals surface area contributed by atoms with Crippen molar-refractivity contribution in [2.45, 2.75) is 103 Å². The van der Waals surface area contributed by atoms with Gasteiger partial charge in [-0.2, -0.15) is 0 Å². The van der Waals surface area contributed by atoms with Gasteiger partial charge in [-0.1, -0.05) is 36.5 Å². The van der Waals surface area contributed by atoms with Gasteiger partial charge in [0.1, 0.15) is 5.60 Å². The molecule has 2 saturated carbocycles. The third kappa shape index (κ3) is 4.51. The first-order chi connectivity index (χ1) is 18.5. The minimum Gasteiger partial charge on any atom is -0.394 e. The molecular weight excluding hydrogens is 482 g/mol. The molecule has 1 aromatic carbocycles. The van der Waals surface area contributed by atoms with Crippen LogP contribution in [0.25, 0.3) is 0 Å². The topological polar surface area (TPSA) is 60.8 Å². The molecule has 1 saturated heterocycles. The molecule has 208 valence electrons. The summed E-state index contributed by atoms with van der Waals surface area (Å²) in [6.45, 7) is 9.86. The van der Waals surface area contributed by atoms with Gasteiger partial charge in [0.05, 0.1) is 12.6 Å². The molecule has 3 fully saturated rings. The molecule has 1 aliphatic heterocycles. The van der Waals surface area contributed by atoms with E-state index < -0.39 is 5.60 Å². The number of rotatable bonds is 3. The smallest absolute Gasteiger partial charge is 0.156 e. The van der Waals surface area contributed by atoms with Crippen LogP contribution in [0.1, 0.15) is 97.0 Å². The Bertz CT molecular complexity index is 1270. The molecule has 5 aliphatic rings. The van der Waals surface area contributed by atoms with E-state index in [1.54, 1.807) is 5.57 Å². The molecule has 1 aromatic rings. The van der Waals surface area contributed by atoms with E-state index in [9.17, 15) is 15.0 Å². The van der Waals surface area contributed by atoms with Crippen LogP contribution in [0.4, 0.5) is 5.69 Å². The third-order valence-corrected chi connectivity index (χ3v) is 10.7. The molecule has 0 amide bonds. The molecule has 4 heteroatoms. The molecule has 4 nitrogen and oxygen atoms in total. The molecule has 6 atom stereocenters. The van der Waals surface area contributed by atoms with E-state index in [0.717, 1.165) is 57.9 Å². The van der Waals surface area contributed by atoms with Gasteiger partial charge in [0, 0.05) is 35.4 Å². The first kappa shape index (κ1) is 26.9. The van der Waals surface area contributed by atoms with E-state index in [0.29, 0.717) is 18.3 Å². The molecule has 1 heterocycles. The van der Waals surface area contributed by atoms with Crippen molar-refractivity contribution in [1.82, 2.24) is 0 Å². The Morgan fingerprint density at radius 2 is 1.85 bits per heavy atom. The highest BCUT2D eigenvalue weighted by Gasteiger charge is 2.62. The van der Waals surface area contributed by atoms with E-state index in [1.807, 2.05) is 6.08 Å². The van der Waals surface area contributed by atoms with Crippen LogP contribution in [-0.4, -0.2) is 40.8 Å². The second-order valence-electron chi connectivity index (χ2n) is 14.2. The van der Waals surface area contributed by atoms with Crippen molar-refractivity contribution < 1.29 is 15.0 Å². The molecular formula is C35H45NO3. The summed E-state index contributed by atoms with van der Waals surface area (Å²) in [6, 6.07) is 9.27. The average molecular weight is 528 g/mol. The number of hydrogen-bond acceptors (Lipinski definition) is 4. The fourth-order valence-electron chi connectivity index (χ4n) is 8.72. The lowest BCUT2D eigenvalue weighted by Crippen LogP contribution is -2.51. The van der Waals surface area contributed by atoms with Crippen molar-refractivity contribution in [1.29, 1.82) is 0 Å². The fourth-order valence-corrected chi connectivity index (χ4v) is 8.72. The largest absolute Gasteiger partial charge is 0.394 e. The summed E-state index contributed by atoms with van der Waals surface area (Å²) in [5, 5.41) is 22.1. The van der Waals surface area contributed by atoms with Crippen LogP contribution in [0, 0.1) is 34.5 Å². The molecule has 0 radical (unpaired) electrons. The van der Waals surface area contributed by atoms with Crippen LogP contribution in [0.2, 0.25) is 0 Å². The van der Waals surface area contributed by atoms with E-state index in [1.165, 1.54) is 22.4 Å². The highest BCUT2D eigenvalue weighted by molar-refractivity contribution is 5.93. The average Bonchev–Trinajstić information content (AvgIpc) is 3.49. The summed E-state index contributed by atoms with van der Waals surface area (Å²) in [5.74, 6) is 8.15. The minimum absolute atomic E-state index is 0.150. The predicted molar refractivity (Wildman–Crippen MR) is 156 cm³/mol. The Balaban J connectivity index is 1.44. The van der Waals surface area contributed by atoms with Crippen LogP contribution in [0.3, 0.4) is 0 Å². The maximum atomic E-state index is 12.3. The van der Waals surface area contributed by atoms with Crippen LogP contribution in [0.5, 0.6) is 0 Å². The standard InChI is InChI=1S/C35H45NO3/c1-33(2,3)17-18-35(39)16-15-31-29-13-9-24-20-27(38)12-14-28(24)32(29)30(21-34(31,35)4)23-7-10-25(11-8-23)36-19-5-6-26(36)22-37/h7-8,10-11,20,26,29-31,37,39H,5-6,9,12-16,19,21-22H2,1-4H3/t26-,29+,30-,31+,34+,35-/m1/s1. The molecule has 0 spiro atoms. The van der Waals surface area contributed by atoms with Crippen molar-refractivity contribution in [2.75, 3.05) is 18.1 Å². The molecule has 2 N–H and O–H groups in total. The van der Waals surface area contributed by atoms with Crippen LogP contribution >= 0.6 is 0 Å². The van der Waals surface area contributed by atoms with E-state index in [2.05, 4.69) is 68.7 Å². The SMILES string of the molecule is CC(C)(C)C#C[C@]1(O)CC[C@H]2[C@@H]3CCC4=CC(=O)CCC4=C3[C@@H](c3ccc(N4CCC[C@@H]4CO)cc3)C[C@@]21C. The number of fused-ring (bicyclic) bond motifs is 4. The lowest BCUT2D eigenvalue weighted by Gasteiger charge is -2.53. The van der Waals surface area contributed by atoms with Crippen molar-refractivity contribution in [3.05, 3.63) is 52.6 Å². The number of hydrogen-bond donors (Lipinski definition) is 2. The zero-order chi connectivity index (χ0) is 27.6. The van der Waals surface area contributed by atoms with Gasteiger partial charge in [0.15, 0.2) is 5.78 Å². The predicted octanol–water partition coefficient (Wildman–Crippen LogP) is 6.33. The Morgan fingerprint density at radius 1 is 1.08 bits per heavy atom. The van der Waals surface area contributed by atoms with Gasteiger partial charge in [-0.05, 0) is 119 Å². The normalized spacial score (nSPS) is 36.1. The quantitative estimate of drug-likeness (QED) is 0.451. The minimum atomic E-state index is -0.984. The number of anilines is 1. The van der Waals surface area contributed by atoms with Gasteiger partial charge in [-0.15, -0.1) is 0 Å². The Hall–Kier alpha value is -2.35. The first-order valence-corrected chi connectivity index (χ1v) is 15.2. The number of ketones is 1. The summed E-state index contributed by atoms with van der Waals surface area (Å²) < 4.78 is 0. The zero-order valence-corrected chi connectivity index (χ0v) is 24.2. The van der Waals surface area contributed by atoms with Gasteiger partial charge in [0.25, 0.3) is 0 Å². The Labute approximate surface area is 234 Å². The molecule has 39 heavy (non-hydrogen) atoms. The van der Waals surface area contributed by atoms with Crippen molar-refractivity contribution in [2.24, 2.45) is 22.7 Å². The number of aliphatic hydroxyl groups excluding tert-OH is 1. The maximum absolute atomic E-state index is 12.3. The lowest BCUT2D eigenvalue weighted by molar-refractivity contribution is -0.114. The summed E-state index contributed by atoms with van der Waals surface area (Å²) >= 11 is 0. The van der Waals surface area contributed by atoms with E-state index in [4.69, 9.17) is 0 Å². The number of aliphatic hydroxyl groups is 2.